The molecule has 0 amide bonds. The smallest absolute Gasteiger partial charge is 0.243 e. The van der Waals surface area contributed by atoms with Crippen LogP contribution in [0.5, 0.6) is 0 Å². The Hall–Kier alpha value is -1.77. The second-order valence-electron chi connectivity index (χ2n) is 5.47. The molecule has 7 nitrogen and oxygen atoms in total. The van der Waals surface area contributed by atoms with Crippen LogP contribution in [-0.2, 0) is 15.6 Å². The zero-order chi connectivity index (χ0) is 15.7. The first kappa shape index (κ1) is 15.1. The number of β-amino-alcohol motifs (C(OH)–C–C–N with tert-alkyl or cyclic N) is 1. The number of nitrogens with zero attached hydrogens (tertiary/aromatic N) is 2. The van der Waals surface area contributed by atoms with E-state index in [4.69, 9.17) is 4.52 Å². The van der Waals surface area contributed by atoms with E-state index >= 15 is 0 Å². The van der Waals surface area contributed by atoms with Crippen molar-refractivity contribution in [2.24, 2.45) is 0 Å². The van der Waals surface area contributed by atoms with Crippen LogP contribution in [0.4, 0.5) is 0 Å². The van der Waals surface area contributed by atoms with Gasteiger partial charge in [-0.05, 0) is 25.5 Å². The Labute approximate surface area is 128 Å². The second-order valence-corrected chi connectivity index (χ2v) is 7.46. The number of hydrogen-bond acceptors (Lipinski definition) is 7. The van der Waals surface area contributed by atoms with Gasteiger partial charge in [-0.25, -0.2) is 8.42 Å². The number of hydrogen-bond donors (Lipinski definition) is 2. The average Bonchev–Trinajstić information content (AvgIpc) is 3.08. The van der Waals surface area contributed by atoms with Gasteiger partial charge in [0.1, 0.15) is 5.75 Å². The van der Waals surface area contributed by atoms with Crippen molar-refractivity contribution < 1.29 is 18.0 Å². The summed E-state index contributed by atoms with van der Waals surface area (Å²) in [6, 6.07) is 6.41. The quantitative estimate of drug-likeness (QED) is 0.855. The minimum atomic E-state index is -3.51. The van der Waals surface area contributed by atoms with Crippen LogP contribution >= 0.6 is 0 Å². The van der Waals surface area contributed by atoms with Gasteiger partial charge in [-0.2, -0.15) is 4.98 Å². The number of aliphatic hydroxyl groups is 1. The lowest BCUT2D eigenvalue weighted by atomic mass is 10.2. The van der Waals surface area contributed by atoms with Crippen LogP contribution < -0.4 is 5.32 Å². The molecule has 118 valence electrons. The summed E-state index contributed by atoms with van der Waals surface area (Å²) >= 11 is 0. The first-order valence-corrected chi connectivity index (χ1v) is 8.62. The summed E-state index contributed by atoms with van der Waals surface area (Å²) in [5, 5.41) is 16.2. The minimum absolute atomic E-state index is 0.124. The molecule has 1 fully saturated rings. The third kappa shape index (κ3) is 3.18. The first-order chi connectivity index (χ1) is 10.4. The molecule has 0 aliphatic carbocycles. The van der Waals surface area contributed by atoms with Gasteiger partial charge in [-0.1, -0.05) is 22.9 Å². The van der Waals surface area contributed by atoms with Crippen molar-refractivity contribution in [2.45, 2.75) is 36.1 Å². The number of sulfone groups is 1. The molecule has 1 saturated heterocycles. The van der Waals surface area contributed by atoms with Crippen molar-refractivity contribution in [1.82, 2.24) is 15.5 Å². The predicted octanol–water partition coefficient (Wildman–Crippen LogP) is 0.747. The second kappa shape index (κ2) is 5.79. The molecule has 0 saturated carbocycles. The van der Waals surface area contributed by atoms with Gasteiger partial charge in [0.05, 0.1) is 17.0 Å². The molecule has 22 heavy (non-hydrogen) atoms. The fourth-order valence-electron chi connectivity index (χ4n) is 2.37. The van der Waals surface area contributed by atoms with Crippen LogP contribution in [0.15, 0.2) is 33.7 Å². The number of nitrogens with one attached hydrogen (secondary N) is 1. The van der Waals surface area contributed by atoms with Gasteiger partial charge >= 0.3 is 0 Å². The van der Waals surface area contributed by atoms with Crippen molar-refractivity contribution in [3.05, 3.63) is 41.5 Å². The van der Waals surface area contributed by atoms with Crippen LogP contribution in [0.3, 0.4) is 0 Å². The predicted molar refractivity (Wildman–Crippen MR) is 77.7 cm³/mol. The highest BCUT2D eigenvalue weighted by Crippen LogP contribution is 2.23. The standard InChI is InChI=1S/C14H17N3O4S/c1-9-2-4-11(5-3-9)22(19,20)8-13-16-14(21-17-13)12-6-10(18)7-15-12/h2-5,10,12,15,18H,6-8H2,1H3/t10-,12+/m1/s1. The minimum Gasteiger partial charge on any atom is -0.392 e. The van der Waals surface area contributed by atoms with Crippen molar-refractivity contribution in [3.8, 4) is 0 Å². The van der Waals surface area contributed by atoms with Gasteiger partial charge in [0.25, 0.3) is 0 Å². The third-order valence-electron chi connectivity index (χ3n) is 3.59. The Morgan fingerprint density at radius 2 is 2.09 bits per heavy atom. The average molecular weight is 323 g/mol. The highest BCUT2D eigenvalue weighted by molar-refractivity contribution is 7.90. The molecule has 1 aromatic heterocycles. The molecule has 3 rings (SSSR count). The largest absolute Gasteiger partial charge is 0.392 e. The van der Waals surface area contributed by atoms with E-state index in [1.54, 1.807) is 24.3 Å². The number of rotatable bonds is 4. The molecule has 2 N–H and O–H groups in total. The summed E-state index contributed by atoms with van der Waals surface area (Å²) in [5.74, 6) is 0.124. The summed E-state index contributed by atoms with van der Waals surface area (Å²) in [4.78, 5) is 4.36. The van der Waals surface area contributed by atoms with E-state index in [1.165, 1.54) is 0 Å². The molecule has 1 aliphatic rings. The normalized spacial score (nSPS) is 22.1. The van der Waals surface area contributed by atoms with E-state index in [2.05, 4.69) is 15.5 Å². The lowest BCUT2D eigenvalue weighted by Gasteiger charge is -2.02. The molecule has 0 spiro atoms. The van der Waals surface area contributed by atoms with E-state index in [-0.39, 0.29) is 22.5 Å². The molecule has 0 bridgehead atoms. The van der Waals surface area contributed by atoms with Crippen molar-refractivity contribution in [2.75, 3.05) is 6.54 Å². The molecular formula is C14H17N3O4S. The Balaban J connectivity index is 1.75. The van der Waals surface area contributed by atoms with Gasteiger partial charge < -0.3 is 14.9 Å². The summed E-state index contributed by atoms with van der Waals surface area (Å²) in [6.07, 6.45) is 0.0310. The van der Waals surface area contributed by atoms with Crippen molar-refractivity contribution >= 4 is 9.84 Å². The highest BCUT2D eigenvalue weighted by atomic mass is 32.2. The van der Waals surface area contributed by atoms with Gasteiger partial charge in [0, 0.05) is 6.54 Å². The molecule has 2 heterocycles. The lowest BCUT2D eigenvalue weighted by molar-refractivity contribution is 0.191. The molecule has 8 heteroatoms. The summed E-state index contributed by atoms with van der Waals surface area (Å²) < 4.78 is 29.7. The Morgan fingerprint density at radius 3 is 2.73 bits per heavy atom. The van der Waals surface area contributed by atoms with Crippen LogP contribution in [-0.4, -0.2) is 36.3 Å². The summed E-state index contributed by atoms with van der Waals surface area (Å²) in [7, 11) is -3.51. The monoisotopic (exact) mass is 323 g/mol. The molecule has 0 radical (unpaired) electrons. The van der Waals surface area contributed by atoms with Gasteiger partial charge in [-0.15, -0.1) is 0 Å². The van der Waals surface area contributed by atoms with Gasteiger partial charge in [-0.3, -0.25) is 0 Å². The third-order valence-corrected chi connectivity index (χ3v) is 5.22. The van der Waals surface area contributed by atoms with E-state index in [1.807, 2.05) is 6.92 Å². The van der Waals surface area contributed by atoms with E-state index < -0.39 is 15.9 Å². The van der Waals surface area contributed by atoms with E-state index in [9.17, 15) is 13.5 Å². The van der Waals surface area contributed by atoms with Gasteiger partial charge in [0.15, 0.2) is 15.7 Å². The number of aliphatic hydroxyl groups excluding tert-OH is 1. The number of aromatic nitrogens is 2. The summed E-state index contributed by atoms with van der Waals surface area (Å²) in [5.41, 5.74) is 0.992. The van der Waals surface area contributed by atoms with E-state index in [0.717, 1.165) is 5.56 Å². The van der Waals surface area contributed by atoms with Gasteiger partial charge in [0.2, 0.25) is 5.89 Å². The van der Waals surface area contributed by atoms with E-state index in [0.29, 0.717) is 18.9 Å². The fourth-order valence-corrected chi connectivity index (χ4v) is 3.55. The zero-order valence-corrected chi connectivity index (χ0v) is 12.9. The first-order valence-electron chi connectivity index (χ1n) is 6.97. The lowest BCUT2D eigenvalue weighted by Crippen LogP contribution is -2.15. The Bertz CT molecular complexity index is 755. The maximum atomic E-state index is 12.3. The number of aryl methyl sites for hydroxylation is 1. The fraction of sp³-hybridized carbons (Fsp3) is 0.429. The molecule has 2 aromatic rings. The highest BCUT2D eigenvalue weighted by Gasteiger charge is 2.29. The van der Waals surface area contributed by atoms with Crippen LogP contribution in [0.25, 0.3) is 0 Å². The summed E-state index contributed by atoms with van der Waals surface area (Å²) in [6.45, 7) is 2.36. The zero-order valence-electron chi connectivity index (χ0n) is 12.1. The SMILES string of the molecule is Cc1ccc(S(=O)(=O)Cc2noc([C@@H]3C[C@@H](O)CN3)n2)cc1. The molecule has 1 aromatic carbocycles. The van der Waals surface area contributed by atoms with Crippen LogP contribution in [0.1, 0.15) is 29.7 Å². The Kier molecular flexibility index (Phi) is 3.98. The maximum absolute atomic E-state index is 12.3. The van der Waals surface area contributed by atoms with Crippen molar-refractivity contribution in [1.29, 1.82) is 0 Å². The molecule has 0 unspecified atom stereocenters. The maximum Gasteiger partial charge on any atom is 0.243 e. The Morgan fingerprint density at radius 1 is 1.36 bits per heavy atom. The number of benzene rings is 1. The molecular weight excluding hydrogens is 306 g/mol. The van der Waals surface area contributed by atoms with Crippen LogP contribution in [0, 0.1) is 6.92 Å². The molecule has 2 atom stereocenters. The molecule has 1 aliphatic heterocycles. The van der Waals surface area contributed by atoms with Crippen LogP contribution in [0.2, 0.25) is 0 Å². The van der Waals surface area contributed by atoms with Crippen molar-refractivity contribution in [3.63, 3.8) is 0 Å². The topological polar surface area (TPSA) is 105 Å².